The van der Waals surface area contributed by atoms with Crippen LogP contribution in [-0.4, -0.2) is 24.1 Å². The molecular weight excluding hydrogens is 376 g/mol. The van der Waals surface area contributed by atoms with Crippen molar-refractivity contribution >= 4 is 11.9 Å². The van der Waals surface area contributed by atoms with E-state index in [4.69, 9.17) is 9.47 Å². The molecule has 2 aliphatic carbocycles. The van der Waals surface area contributed by atoms with Crippen LogP contribution in [0, 0.1) is 0 Å². The van der Waals surface area contributed by atoms with Gasteiger partial charge in [0.1, 0.15) is 12.2 Å². The SMILES string of the molecule is O=C(OC1CCCCC1)c1ccccc1-c1ccccc1C(=O)OC1CCCCC1. The quantitative estimate of drug-likeness (QED) is 0.544. The molecule has 0 radical (unpaired) electrons. The van der Waals surface area contributed by atoms with E-state index in [-0.39, 0.29) is 24.1 Å². The van der Waals surface area contributed by atoms with E-state index in [0.717, 1.165) is 62.5 Å². The van der Waals surface area contributed by atoms with E-state index in [0.29, 0.717) is 11.1 Å². The van der Waals surface area contributed by atoms with Crippen molar-refractivity contribution in [2.75, 3.05) is 0 Å². The standard InChI is InChI=1S/C26H30O4/c27-25(29-19-11-3-1-4-12-19)23-17-9-7-15-21(23)22-16-8-10-18-24(22)26(28)30-20-13-5-2-6-14-20/h7-10,15-20H,1-6,11-14H2. The van der Waals surface area contributed by atoms with Crippen LogP contribution in [0.5, 0.6) is 0 Å². The largest absolute Gasteiger partial charge is 0.459 e. The van der Waals surface area contributed by atoms with Gasteiger partial charge in [-0.2, -0.15) is 0 Å². The van der Waals surface area contributed by atoms with Gasteiger partial charge in [0.25, 0.3) is 0 Å². The third-order valence-corrected chi connectivity index (χ3v) is 6.24. The zero-order valence-corrected chi connectivity index (χ0v) is 17.5. The van der Waals surface area contributed by atoms with Gasteiger partial charge in [-0.3, -0.25) is 0 Å². The molecule has 2 aromatic carbocycles. The molecule has 0 atom stereocenters. The molecule has 2 saturated carbocycles. The monoisotopic (exact) mass is 406 g/mol. The van der Waals surface area contributed by atoms with Crippen molar-refractivity contribution in [1.82, 2.24) is 0 Å². The highest BCUT2D eigenvalue weighted by Gasteiger charge is 2.24. The third-order valence-electron chi connectivity index (χ3n) is 6.24. The Morgan fingerprint density at radius 3 is 1.33 bits per heavy atom. The van der Waals surface area contributed by atoms with Crippen LogP contribution in [0.1, 0.15) is 84.9 Å². The Kier molecular flexibility index (Phi) is 6.83. The van der Waals surface area contributed by atoms with E-state index in [1.54, 1.807) is 12.1 Å². The van der Waals surface area contributed by atoms with Gasteiger partial charge in [-0.05, 0) is 74.6 Å². The molecule has 0 aliphatic heterocycles. The number of carbonyl (C=O) groups is 2. The summed E-state index contributed by atoms with van der Waals surface area (Å²) in [6, 6.07) is 14.8. The molecule has 158 valence electrons. The van der Waals surface area contributed by atoms with Crippen molar-refractivity contribution in [3.63, 3.8) is 0 Å². The number of esters is 2. The number of ether oxygens (including phenoxy) is 2. The van der Waals surface area contributed by atoms with Gasteiger partial charge in [-0.15, -0.1) is 0 Å². The average molecular weight is 407 g/mol. The lowest BCUT2D eigenvalue weighted by Crippen LogP contribution is -2.22. The van der Waals surface area contributed by atoms with Crippen molar-refractivity contribution < 1.29 is 19.1 Å². The second kappa shape index (κ2) is 9.92. The molecule has 0 spiro atoms. The summed E-state index contributed by atoms with van der Waals surface area (Å²) in [5.74, 6) is -0.624. The van der Waals surface area contributed by atoms with Crippen LogP contribution < -0.4 is 0 Å². The van der Waals surface area contributed by atoms with E-state index in [1.807, 2.05) is 36.4 Å². The minimum atomic E-state index is -0.312. The first-order valence-electron chi connectivity index (χ1n) is 11.3. The molecule has 0 amide bonds. The molecule has 0 heterocycles. The van der Waals surface area contributed by atoms with Crippen molar-refractivity contribution in [2.24, 2.45) is 0 Å². The summed E-state index contributed by atoms with van der Waals surface area (Å²) in [7, 11) is 0. The van der Waals surface area contributed by atoms with Gasteiger partial charge < -0.3 is 9.47 Å². The summed E-state index contributed by atoms with van der Waals surface area (Å²) in [5.41, 5.74) is 2.44. The first kappa shape index (κ1) is 20.6. The second-order valence-corrected chi connectivity index (χ2v) is 8.42. The second-order valence-electron chi connectivity index (χ2n) is 8.42. The van der Waals surface area contributed by atoms with Gasteiger partial charge in [0.15, 0.2) is 0 Å². The Labute approximate surface area is 178 Å². The summed E-state index contributed by atoms with van der Waals surface area (Å²) in [6.07, 6.45) is 10.5. The molecule has 4 rings (SSSR count). The summed E-state index contributed by atoms with van der Waals surface area (Å²) in [5, 5.41) is 0. The van der Waals surface area contributed by atoms with E-state index < -0.39 is 0 Å². The molecule has 30 heavy (non-hydrogen) atoms. The van der Waals surface area contributed by atoms with E-state index in [2.05, 4.69) is 0 Å². The van der Waals surface area contributed by atoms with Crippen molar-refractivity contribution in [3.8, 4) is 11.1 Å². The highest BCUT2D eigenvalue weighted by molar-refractivity contribution is 6.03. The Morgan fingerprint density at radius 2 is 0.933 bits per heavy atom. The molecule has 0 unspecified atom stereocenters. The number of benzene rings is 2. The molecule has 0 saturated heterocycles. The van der Waals surface area contributed by atoms with Gasteiger partial charge in [0.05, 0.1) is 11.1 Å². The Balaban J connectivity index is 1.58. The molecule has 2 aliphatic rings. The van der Waals surface area contributed by atoms with Crippen LogP contribution in [0.25, 0.3) is 11.1 Å². The van der Waals surface area contributed by atoms with Crippen LogP contribution in [0.15, 0.2) is 48.5 Å². The molecule has 4 nitrogen and oxygen atoms in total. The fraction of sp³-hybridized carbons (Fsp3) is 0.462. The fourth-order valence-electron chi connectivity index (χ4n) is 4.59. The number of hydrogen-bond acceptors (Lipinski definition) is 4. The fourth-order valence-corrected chi connectivity index (χ4v) is 4.59. The molecule has 0 aromatic heterocycles. The van der Waals surface area contributed by atoms with Crippen molar-refractivity contribution in [3.05, 3.63) is 59.7 Å². The van der Waals surface area contributed by atoms with Crippen LogP contribution in [0.3, 0.4) is 0 Å². The van der Waals surface area contributed by atoms with Crippen LogP contribution in [0.4, 0.5) is 0 Å². The Hall–Kier alpha value is -2.62. The highest BCUT2D eigenvalue weighted by atomic mass is 16.5. The summed E-state index contributed by atoms with van der Waals surface area (Å²) >= 11 is 0. The van der Waals surface area contributed by atoms with Crippen LogP contribution in [0.2, 0.25) is 0 Å². The zero-order chi connectivity index (χ0) is 20.8. The molecule has 0 bridgehead atoms. The predicted molar refractivity (Wildman–Crippen MR) is 116 cm³/mol. The average Bonchev–Trinajstić information content (AvgIpc) is 2.80. The first-order chi connectivity index (χ1) is 14.7. The van der Waals surface area contributed by atoms with E-state index in [9.17, 15) is 9.59 Å². The summed E-state index contributed by atoms with van der Waals surface area (Å²) in [4.78, 5) is 25.9. The van der Waals surface area contributed by atoms with E-state index >= 15 is 0 Å². The van der Waals surface area contributed by atoms with Crippen LogP contribution >= 0.6 is 0 Å². The summed E-state index contributed by atoms with van der Waals surface area (Å²) in [6.45, 7) is 0. The lowest BCUT2D eigenvalue weighted by molar-refractivity contribution is 0.0200. The maximum Gasteiger partial charge on any atom is 0.339 e. The minimum Gasteiger partial charge on any atom is -0.459 e. The van der Waals surface area contributed by atoms with E-state index in [1.165, 1.54) is 12.8 Å². The zero-order valence-electron chi connectivity index (χ0n) is 17.5. The lowest BCUT2D eigenvalue weighted by atomic mass is 9.94. The minimum absolute atomic E-state index is 0.00850. The van der Waals surface area contributed by atoms with Gasteiger partial charge >= 0.3 is 11.9 Å². The number of rotatable bonds is 5. The maximum absolute atomic E-state index is 13.0. The molecule has 2 aromatic rings. The molecule has 2 fully saturated rings. The third kappa shape index (κ3) is 4.92. The normalized spacial score (nSPS) is 18.0. The molecule has 0 N–H and O–H groups in total. The number of hydrogen-bond donors (Lipinski definition) is 0. The predicted octanol–water partition coefficient (Wildman–Crippen LogP) is 6.33. The van der Waals surface area contributed by atoms with Crippen molar-refractivity contribution in [1.29, 1.82) is 0 Å². The number of carbonyl (C=O) groups excluding carboxylic acids is 2. The highest BCUT2D eigenvalue weighted by Crippen LogP contribution is 2.31. The lowest BCUT2D eigenvalue weighted by Gasteiger charge is -2.23. The summed E-state index contributed by atoms with van der Waals surface area (Å²) < 4.78 is 11.6. The van der Waals surface area contributed by atoms with Crippen LogP contribution in [-0.2, 0) is 9.47 Å². The molecule has 4 heteroatoms. The van der Waals surface area contributed by atoms with Crippen molar-refractivity contribution in [2.45, 2.75) is 76.4 Å². The van der Waals surface area contributed by atoms with Gasteiger partial charge in [-0.25, -0.2) is 9.59 Å². The van der Waals surface area contributed by atoms with Gasteiger partial charge in [0.2, 0.25) is 0 Å². The Bertz CT molecular complexity index is 803. The Morgan fingerprint density at radius 1 is 0.567 bits per heavy atom. The van der Waals surface area contributed by atoms with Gasteiger partial charge in [-0.1, -0.05) is 49.2 Å². The topological polar surface area (TPSA) is 52.6 Å². The maximum atomic E-state index is 13.0. The molecular formula is C26H30O4. The first-order valence-corrected chi connectivity index (χ1v) is 11.3. The van der Waals surface area contributed by atoms with Gasteiger partial charge in [0, 0.05) is 0 Å². The smallest absolute Gasteiger partial charge is 0.339 e.